The van der Waals surface area contributed by atoms with Crippen LogP contribution in [0.15, 0.2) is 24.3 Å². The fraction of sp³-hybridized carbons (Fsp3) is 0.538. The van der Waals surface area contributed by atoms with E-state index in [9.17, 15) is 5.11 Å². The van der Waals surface area contributed by atoms with E-state index in [-0.39, 0.29) is 6.61 Å². The van der Waals surface area contributed by atoms with Gasteiger partial charge in [-0.1, -0.05) is 44.4 Å². The van der Waals surface area contributed by atoms with Gasteiger partial charge in [-0.2, -0.15) is 0 Å². The first-order valence-electron chi connectivity index (χ1n) is 5.67. The standard InChI is InChI=1S/C13H19O2/c1-2-3-4-7-10-15-13-9-6-5-8-12(13)11-14/h5-6,8-9H,2-4,7,10-11H2,1H3. The van der Waals surface area contributed by atoms with Gasteiger partial charge in [0.15, 0.2) is 0 Å². The molecule has 0 fully saturated rings. The summed E-state index contributed by atoms with van der Waals surface area (Å²) in [7, 11) is 0. The molecule has 0 saturated carbocycles. The molecule has 0 atom stereocenters. The van der Waals surface area contributed by atoms with Gasteiger partial charge < -0.3 is 4.74 Å². The highest BCUT2D eigenvalue weighted by Crippen LogP contribution is 2.18. The normalized spacial score (nSPS) is 10.3. The van der Waals surface area contributed by atoms with Crippen LogP contribution in [0, 0.1) is 0 Å². The fourth-order valence-corrected chi connectivity index (χ4v) is 1.47. The highest BCUT2D eigenvalue weighted by Gasteiger charge is 2.01. The highest BCUT2D eigenvalue weighted by molar-refractivity contribution is 5.32. The number of hydrogen-bond donors (Lipinski definition) is 0. The smallest absolute Gasteiger partial charge is 0.124 e. The molecule has 2 nitrogen and oxygen atoms in total. The Hall–Kier alpha value is -1.02. The van der Waals surface area contributed by atoms with Crippen molar-refractivity contribution in [2.24, 2.45) is 0 Å². The molecule has 0 bridgehead atoms. The van der Waals surface area contributed by atoms with Crippen molar-refractivity contribution >= 4 is 0 Å². The van der Waals surface area contributed by atoms with Crippen molar-refractivity contribution < 1.29 is 9.84 Å². The minimum absolute atomic E-state index is 0.203. The van der Waals surface area contributed by atoms with Gasteiger partial charge in [0.2, 0.25) is 0 Å². The summed E-state index contributed by atoms with van der Waals surface area (Å²) in [5.74, 6) is 0.754. The van der Waals surface area contributed by atoms with E-state index in [1.165, 1.54) is 19.3 Å². The van der Waals surface area contributed by atoms with Crippen LogP contribution in [0.1, 0.15) is 38.2 Å². The van der Waals surface area contributed by atoms with Gasteiger partial charge in [-0.05, 0) is 12.5 Å². The first-order chi connectivity index (χ1) is 7.38. The number of ether oxygens (including phenoxy) is 1. The monoisotopic (exact) mass is 207 g/mol. The van der Waals surface area contributed by atoms with Gasteiger partial charge in [-0.25, -0.2) is 5.11 Å². The molecule has 0 aliphatic rings. The zero-order chi connectivity index (χ0) is 10.9. The fourth-order valence-electron chi connectivity index (χ4n) is 1.47. The zero-order valence-electron chi connectivity index (χ0n) is 9.37. The lowest BCUT2D eigenvalue weighted by atomic mass is 10.2. The molecular formula is C13H19O2. The molecule has 1 radical (unpaired) electrons. The number of para-hydroxylation sites is 1. The molecule has 0 aromatic heterocycles. The van der Waals surface area contributed by atoms with Gasteiger partial charge in [-0.3, -0.25) is 0 Å². The summed E-state index contributed by atoms with van der Waals surface area (Å²) in [5.41, 5.74) is 0.757. The molecule has 0 N–H and O–H groups in total. The summed E-state index contributed by atoms with van der Waals surface area (Å²) in [6.45, 7) is 2.70. The Bertz CT molecular complexity index is 271. The molecule has 0 saturated heterocycles. The largest absolute Gasteiger partial charge is 0.493 e. The van der Waals surface area contributed by atoms with E-state index in [0.29, 0.717) is 0 Å². The third-order valence-corrected chi connectivity index (χ3v) is 2.38. The van der Waals surface area contributed by atoms with Crippen LogP contribution in [-0.2, 0) is 11.7 Å². The van der Waals surface area contributed by atoms with Gasteiger partial charge in [-0.15, -0.1) is 0 Å². The SMILES string of the molecule is CCCCCCOc1ccccc1C[O]. The molecule has 1 aromatic carbocycles. The molecule has 0 aliphatic carbocycles. The molecule has 2 heteroatoms. The molecular weight excluding hydrogens is 188 g/mol. The van der Waals surface area contributed by atoms with Gasteiger partial charge in [0.1, 0.15) is 12.4 Å². The minimum atomic E-state index is -0.203. The van der Waals surface area contributed by atoms with Crippen LogP contribution < -0.4 is 4.74 Å². The van der Waals surface area contributed by atoms with Crippen LogP contribution in [0.3, 0.4) is 0 Å². The van der Waals surface area contributed by atoms with Crippen LogP contribution in [-0.4, -0.2) is 6.61 Å². The summed E-state index contributed by atoms with van der Waals surface area (Å²) in [4.78, 5) is 0. The lowest BCUT2D eigenvalue weighted by molar-refractivity contribution is 0.172. The maximum absolute atomic E-state index is 10.8. The third kappa shape index (κ3) is 4.34. The Balaban J connectivity index is 2.30. The zero-order valence-corrected chi connectivity index (χ0v) is 9.37. The Kier molecular flexibility index (Phi) is 5.86. The molecule has 0 aliphatic heterocycles. The van der Waals surface area contributed by atoms with Crippen molar-refractivity contribution in [3.8, 4) is 5.75 Å². The maximum atomic E-state index is 10.8. The van der Waals surface area contributed by atoms with Crippen molar-refractivity contribution in [2.45, 2.75) is 39.2 Å². The van der Waals surface area contributed by atoms with Crippen molar-refractivity contribution in [1.82, 2.24) is 0 Å². The topological polar surface area (TPSA) is 29.1 Å². The minimum Gasteiger partial charge on any atom is -0.493 e. The van der Waals surface area contributed by atoms with E-state index in [0.717, 1.165) is 24.3 Å². The summed E-state index contributed by atoms with van der Waals surface area (Å²) in [6.07, 6.45) is 4.76. The van der Waals surface area contributed by atoms with E-state index in [4.69, 9.17) is 4.74 Å². The third-order valence-electron chi connectivity index (χ3n) is 2.38. The second-order valence-electron chi connectivity index (χ2n) is 3.66. The summed E-state index contributed by atoms with van der Waals surface area (Å²) < 4.78 is 5.57. The van der Waals surface area contributed by atoms with E-state index < -0.39 is 0 Å². The summed E-state index contributed by atoms with van der Waals surface area (Å²) in [6, 6.07) is 7.47. The Labute approximate surface area is 91.9 Å². The molecule has 83 valence electrons. The van der Waals surface area contributed by atoms with Crippen LogP contribution in [0.4, 0.5) is 0 Å². The van der Waals surface area contributed by atoms with Gasteiger partial charge in [0, 0.05) is 5.56 Å². The number of rotatable bonds is 7. The maximum Gasteiger partial charge on any atom is 0.124 e. The number of benzene rings is 1. The van der Waals surface area contributed by atoms with E-state index >= 15 is 0 Å². The van der Waals surface area contributed by atoms with Gasteiger partial charge in [0.25, 0.3) is 0 Å². The van der Waals surface area contributed by atoms with Crippen molar-refractivity contribution in [3.63, 3.8) is 0 Å². The number of unbranched alkanes of at least 4 members (excludes halogenated alkanes) is 3. The first kappa shape index (κ1) is 12.1. The predicted octanol–water partition coefficient (Wildman–Crippen LogP) is 3.58. The Morgan fingerprint density at radius 2 is 1.93 bits per heavy atom. The van der Waals surface area contributed by atoms with Gasteiger partial charge >= 0.3 is 0 Å². The van der Waals surface area contributed by atoms with Crippen molar-refractivity contribution in [1.29, 1.82) is 0 Å². The lowest BCUT2D eigenvalue weighted by Gasteiger charge is -2.08. The van der Waals surface area contributed by atoms with Crippen LogP contribution in [0.5, 0.6) is 5.75 Å². The average molecular weight is 207 g/mol. The molecule has 0 heterocycles. The van der Waals surface area contributed by atoms with E-state index in [1.54, 1.807) is 0 Å². The quantitative estimate of drug-likeness (QED) is 0.628. The molecule has 0 amide bonds. The molecule has 1 rings (SSSR count). The van der Waals surface area contributed by atoms with Crippen LogP contribution in [0.25, 0.3) is 0 Å². The van der Waals surface area contributed by atoms with E-state index in [2.05, 4.69) is 6.92 Å². The molecule has 15 heavy (non-hydrogen) atoms. The lowest BCUT2D eigenvalue weighted by Crippen LogP contribution is -1.99. The average Bonchev–Trinajstić information content (AvgIpc) is 2.29. The van der Waals surface area contributed by atoms with E-state index in [1.807, 2.05) is 24.3 Å². The Morgan fingerprint density at radius 3 is 2.67 bits per heavy atom. The summed E-state index contributed by atoms with van der Waals surface area (Å²) >= 11 is 0. The van der Waals surface area contributed by atoms with Crippen molar-refractivity contribution in [2.75, 3.05) is 6.61 Å². The number of hydrogen-bond acceptors (Lipinski definition) is 1. The Morgan fingerprint density at radius 1 is 1.13 bits per heavy atom. The van der Waals surface area contributed by atoms with Crippen molar-refractivity contribution in [3.05, 3.63) is 29.8 Å². The first-order valence-corrected chi connectivity index (χ1v) is 5.67. The van der Waals surface area contributed by atoms with Gasteiger partial charge in [0.05, 0.1) is 6.61 Å². The molecule has 0 spiro atoms. The molecule has 1 aromatic rings. The second kappa shape index (κ2) is 7.30. The van der Waals surface area contributed by atoms with Crippen LogP contribution >= 0.6 is 0 Å². The second-order valence-corrected chi connectivity index (χ2v) is 3.66. The van der Waals surface area contributed by atoms with Crippen LogP contribution in [0.2, 0.25) is 0 Å². The predicted molar refractivity (Wildman–Crippen MR) is 60.5 cm³/mol. The highest BCUT2D eigenvalue weighted by atomic mass is 16.5. The summed E-state index contributed by atoms with van der Waals surface area (Å²) in [5, 5.41) is 10.8. The molecule has 0 unspecified atom stereocenters.